The molecule has 0 radical (unpaired) electrons. The van der Waals surface area contributed by atoms with Crippen molar-refractivity contribution >= 4 is 23.5 Å². The second-order valence-corrected chi connectivity index (χ2v) is 5.47. The largest absolute Gasteiger partial charge is 0.469 e. The van der Waals surface area contributed by atoms with Crippen molar-refractivity contribution < 1.29 is 18.8 Å². The Morgan fingerprint density at radius 2 is 1.88 bits per heavy atom. The maximum atomic E-state index is 11.9. The summed E-state index contributed by atoms with van der Waals surface area (Å²) in [6.07, 6.45) is 1.40. The number of benzene rings is 1. The van der Waals surface area contributed by atoms with Gasteiger partial charge in [-0.25, -0.2) is 10.2 Å². The molecule has 0 fully saturated rings. The van der Waals surface area contributed by atoms with Crippen LogP contribution in [-0.2, 0) is 4.79 Å². The number of urea groups is 1. The van der Waals surface area contributed by atoms with Crippen LogP contribution in [0.2, 0.25) is 0 Å². The van der Waals surface area contributed by atoms with Crippen molar-refractivity contribution in [3.8, 4) is 0 Å². The van der Waals surface area contributed by atoms with Gasteiger partial charge >= 0.3 is 6.03 Å². The Balaban J connectivity index is 1.88. The molecule has 0 aliphatic carbocycles. The lowest BCUT2D eigenvalue weighted by Gasteiger charge is -2.16. The van der Waals surface area contributed by atoms with E-state index in [1.807, 2.05) is 6.07 Å². The molecular formula is C17H20N4O4. The third-order valence-corrected chi connectivity index (χ3v) is 3.45. The average Bonchev–Trinajstić information content (AvgIpc) is 2.98. The van der Waals surface area contributed by atoms with Crippen molar-refractivity contribution in [1.29, 1.82) is 0 Å². The maximum absolute atomic E-state index is 11.9. The lowest BCUT2D eigenvalue weighted by atomic mass is 10.1. The highest BCUT2D eigenvalue weighted by atomic mass is 16.3. The number of aryl methyl sites for hydroxylation is 1. The highest BCUT2D eigenvalue weighted by Gasteiger charge is 2.14. The predicted octanol–water partition coefficient (Wildman–Crippen LogP) is 2.25. The SMILES string of the molecule is CC(=O)Nc1cccc([C@@H](C)NC(=O)NNC(=O)c2ccoc2C)c1. The van der Waals surface area contributed by atoms with Crippen LogP contribution in [0.5, 0.6) is 0 Å². The monoisotopic (exact) mass is 344 g/mol. The van der Waals surface area contributed by atoms with Gasteiger partial charge in [-0.15, -0.1) is 0 Å². The fourth-order valence-corrected chi connectivity index (χ4v) is 2.21. The number of hydrogen-bond acceptors (Lipinski definition) is 4. The summed E-state index contributed by atoms with van der Waals surface area (Å²) < 4.78 is 5.03. The van der Waals surface area contributed by atoms with Crippen LogP contribution in [0.15, 0.2) is 41.0 Å². The number of carbonyl (C=O) groups excluding carboxylic acids is 3. The molecule has 1 atom stereocenters. The normalized spacial score (nSPS) is 11.3. The highest BCUT2D eigenvalue weighted by Crippen LogP contribution is 2.17. The Morgan fingerprint density at radius 3 is 2.52 bits per heavy atom. The molecule has 0 bridgehead atoms. The van der Waals surface area contributed by atoms with E-state index in [4.69, 9.17) is 4.42 Å². The molecule has 1 aromatic carbocycles. The van der Waals surface area contributed by atoms with Crippen molar-refractivity contribution in [3.63, 3.8) is 0 Å². The minimum absolute atomic E-state index is 0.173. The first-order valence-electron chi connectivity index (χ1n) is 7.65. The van der Waals surface area contributed by atoms with Crippen LogP contribution >= 0.6 is 0 Å². The smallest absolute Gasteiger partial charge is 0.333 e. The van der Waals surface area contributed by atoms with E-state index in [0.29, 0.717) is 17.0 Å². The zero-order chi connectivity index (χ0) is 18.4. The van der Waals surface area contributed by atoms with Crippen molar-refractivity contribution in [2.75, 3.05) is 5.32 Å². The van der Waals surface area contributed by atoms with Gasteiger partial charge in [0.2, 0.25) is 5.91 Å². The van der Waals surface area contributed by atoms with Crippen LogP contribution in [0.1, 0.15) is 41.6 Å². The van der Waals surface area contributed by atoms with Crippen LogP contribution in [0, 0.1) is 6.92 Å². The van der Waals surface area contributed by atoms with Gasteiger partial charge in [0.25, 0.3) is 5.91 Å². The van der Waals surface area contributed by atoms with E-state index in [2.05, 4.69) is 21.5 Å². The van der Waals surface area contributed by atoms with Gasteiger partial charge in [0.1, 0.15) is 5.76 Å². The molecule has 25 heavy (non-hydrogen) atoms. The summed E-state index contributed by atoms with van der Waals surface area (Å²) in [6, 6.07) is 7.74. The lowest BCUT2D eigenvalue weighted by molar-refractivity contribution is -0.114. The number of anilines is 1. The van der Waals surface area contributed by atoms with Crippen LogP contribution in [0.4, 0.5) is 10.5 Å². The molecule has 0 unspecified atom stereocenters. The summed E-state index contributed by atoms with van der Waals surface area (Å²) in [7, 11) is 0. The topological polar surface area (TPSA) is 112 Å². The summed E-state index contributed by atoms with van der Waals surface area (Å²) >= 11 is 0. The van der Waals surface area contributed by atoms with Gasteiger partial charge in [-0.2, -0.15) is 0 Å². The molecular weight excluding hydrogens is 324 g/mol. The van der Waals surface area contributed by atoms with Gasteiger partial charge in [-0.05, 0) is 37.6 Å². The fourth-order valence-electron chi connectivity index (χ4n) is 2.21. The minimum atomic E-state index is -0.563. The van der Waals surface area contributed by atoms with Crippen molar-refractivity contribution in [3.05, 3.63) is 53.5 Å². The molecule has 0 saturated heterocycles. The van der Waals surface area contributed by atoms with Crippen molar-refractivity contribution in [2.45, 2.75) is 26.8 Å². The average molecular weight is 344 g/mol. The quantitative estimate of drug-likeness (QED) is 0.637. The Morgan fingerprint density at radius 1 is 1.12 bits per heavy atom. The van der Waals surface area contributed by atoms with Crippen LogP contribution in [0.3, 0.4) is 0 Å². The molecule has 4 N–H and O–H groups in total. The number of furan rings is 1. The molecule has 0 aliphatic rings. The van der Waals surface area contributed by atoms with Gasteiger partial charge in [-0.3, -0.25) is 15.0 Å². The number of rotatable bonds is 4. The zero-order valence-corrected chi connectivity index (χ0v) is 14.2. The number of amides is 4. The van der Waals surface area contributed by atoms with Gasteiger partial charge in [-0.1, -0.05) is 12.1 Å². The van der Waals surface area contributed by atoms with Gasteiger partial charge in [0.15, 0.2) is 0 Å². The van der Waals surface area contributed by atoms with E-state index >= 15 is 0 Å². The molecule has 1 heterocycles. The molecule has 132 valence electrons. The van der Waals surface area contributed by atoms with E-state index < -0.39 is 11.9 Å². The number of hydrogen-bond donors (Lipinski definition) is 4. The Labute approximate surface area is 144 Å². The summed E-state index contributed by atoms with van der Waals surface area (Å²) in [6.45, 7) is 4.86. The van der Waals surface area contributed by atoms with E-state index in [-0.39, 0.29) is 11.9 Å². The molecule has 8 nitrogen and oxygen atoms in total. The second kappa shape index (κ2) is 8.00. The van der Waals surface area contributed by atoms with Crippen LogP contribution < -0.4 is 21.5 Å². The Hall–Kier alpha value is -3.29. The molecule has 0 spiro atoms. The van der Waals surface area contributed by atoms with E-state index in [0.717, 1.165) is 5.56 Å². The highest BCUT2D eigenvalue weighted by molar-refractivity contribution is 5.96. The third kappa shape index (κ3) is 5.10. The van der Waals surface area contributed by atoms with Crippen LogP contribution in [-0.4, -0.2) is 17.8 Å². The minimum Gasteiger partial charge on any atom is -0.469 e. The first-order valence-corrected chi connectivity index (χ1v) is 7.65. The van der Waals surface area contributed by atoms with E-state index in [1.54, 1.807) is 32.0 Å². The molecule has 2 rings (SSSR count). The van der Waals surface area contributed by atoms with Gasteiger partial charge < -0.3 is 15.1 Å². The standard InChI is InChI=1S/C17H20N4O4/c1-10(13-5-4-6-14(9-13)19-12(3)22)18-17(24)21-20-16(23)15-7-8-25-11(15)2/h4-10H,1-3H3,(H,19,22)(H,20,23)(H2,18,21,24)/t10-/m1/s1. The van der Waals surface area contributed by atoms with E-state index in [1.165, 1.54) is 19.3 Å². The Bertz CT molecular complexity index is 784. The molecule has 2 aromatic rings. The first-order chi connectivity index (χ1) is 11.9. The fraction of sp³-hybridized carbons (Fsp3) is 0.235. The summed E-state index contributed by atoms with van der Waals surface area (Å²) in [5.41, 5.74) is 6.38. The number of nitrogens with one attached hydrogen (secondary N) is 4. The van der Waals surface area contributed by atoms with Gasteiger partial charge in [0, 0.05) is 12.6 Å². The molecule has 0 saturated carbocycles. The molecule has 8 heteroatoms. The maximum Gasteiger partial charge on any atom is 0.333 e. The van der Waals surface area contributed by atoms with E-state index in [9.17, 15) is 14.4 Å². The Kier molecular flexibility index (Phi) is 5.78. The van der Waals surface area contributed by atoms with Crippen molar-refractivity contribution in [1.82, 2.24) is 16.2 Å². The predicted molar refractivity (Wildman–Crippen MR) is 91.7 cm³/mol. The molecule has 1 aromatic heterocycles. The number of carbonyl (C=O) groups is 3. The molecule has 4 amide bonds. The number of hydrazine groups is 1. The summed E-state index contributed by atoms with van der Waals surface area (Å²) in [4.78, 5) is 34.9. The van der Waals surface area contributed by atoms with Crippen LogP contribution in [0.25, 0.3) is 0 Å². The van der Waals surface area contributed by atoms with Gasteiger partial charge in [0.05, 0.1) is 17.9 Å². The lowest BCUT2D eigenvalue weighted by Crippen LogP contribution is -2.47. The zero-order valence-electron chi connectivity index (χ0n) is 14.2. The summed E-state index contributed by atoms with van der Waals surface area (Å²) in [5.74, 6) is -0.183. The second-order valence-electron chi connectivity index (χ2n) is 5.47. The summed E-state index contributed by atoms with van der Waals surface area (Å²) in [5, 5.41) is 5.37. The third-order valence-electron chi connectivity index (χ3n) is 3.45. The van der Waals surface area contributed by atoms with Crippen molar-refractivity contribution in [2.24, 2.45) is 0 Å². The molecule has 0 aliphatic heterocycles. The first kappa shape index (κ1) is 18.1.